The van der Waals surface area contributed by atoms with Crippen molar-refractivity contribution in [2.75, 3.05) is 0 Å². The van der Waals surface area contributed by atoms with Crippen molar-refractivity contribution in [1.82, 2.24) is 5.32 Å². The fourth-order valence-electron chi connectivity index (χ4n) is 3.84. The Morgan fingerprint density at radius 1 is 1.27 bits per heavy atom. The summed E-state index contributed by atoms with van der Waals surface area (Å²) in [5, 5.41) is 13.8. The predicted molar refractivity (Wildman–Crippen MR) is 82.0 cm³/mol. The van der Waals surface area contributed by atoms with E-state index in [0.29, 0.717) is 30.3 Å². The zero-order valence-electron chi connectivity index (χ0n) is 12.4. The fourth-order valence-corrected chi connectivity index (χ4v) is 3.84. The van der Waals surface area contributed by atoms with Crippen molar-refractivity contribution < 1.29 is 14.3 Å². The quantitative estimate of drug-likeness (QED) is 0.880. The van der Waals surface area contributed by atoms with E-state index < -0.39 is 0 Å². The molecule has 5 nitrogen and oxygen atoms in total. The second-order valence-electron chi connectivity index (χ2n) is 6.45. The van der Waals surface area contributed by atoms with Crippen molar-refractivity contribution in [2.45, 2.75) is 56.5 Å². The number of aliphatic hydroxyl groups is 1. The summed E-state index contributed by atoms with van der Waals surface area (Å²) in [5.41, 5.74) is 0.400. The molecule has 0 amide bonds. The van der Waals surface area contributed by atoms with Gasteiger partial charge in [0.05, 0.1) is 17.9 Å². The summed E-state index contributed by atoms with van der Waals surface area (Å²) >= 11 is 0. The molecule has 0 saturated heterocycles. The van der Waals surface area contributed by atoms with Gasteiger partial charge in [0.25, 0.3) is 0 Å². The van der Waals surface area contributed by atoms with Crippen LogP contribution in [0.3, 0.4) is 0 Å². The molecule has 2 N–H and O–H groups in total. The maximum Gasteiger partial charge on any atom is 0.170 e. The van der Waals surface area contributed by atoms with Crippen molar-refractivity contribution in [1.29, 1.82) is 0 Å². The molecule has 3 aliphatic rings. The number of nitrogens with zero attached hydrogens (tertiary/aromatic N) is 1. The van der Waals surface area contributed by atoms with E-state index in [-0.39, 0.29) is 23.5 Å². The Morgan fingerprint density at radius 2 is 2.14 bits per heavy atom. The van der Waals surface area contributed by atoms with Gasteiger partial charge >= 0.3 is 0 Å². The number of amidine groups is 1. The Labute approximate surface area is 129 Å². The van der Waals surface area contributed by atoms with E-state index in [1.165, 1.54) is 12.8 Å². The molecule has 0 spiro atoms. The van der Waals surface area contributed by atoms with Crippen molar-refractivity contribution in [3.05, 3.63) is 35.5 Å². The molecule has 116 valence electrons. The van der Waals surface area contributed by atoms with Crippen LogP contribution in [-0.4, -0.2) is 28.8 Å². The highest BCUT2D eigenvalue weighted by Crippen LogP contribution is 2.35. The zero-order chi connectivity index (χ0) is 15.1. The number of nitrogens with one attached hydrogen (secondary N) is 1. The number of aliphatic imine (C=N–C) groups is 1. The molecule has 4 rings (SSSR count). The van der Waals surface area contributed by atoms with Gasteiger partial charge in [0.15, 0.2) is 5.78 Å². The van der Waals surface area contributed by atoms with E-state index in [4.69, 9.17) is 4.42 Å². The number of Topliss-reactive ketones (excluding diaryl/α,β-unsaturated/α-hetero) is 1. The van der Waals surface area contributed by atoms with Gasteiger partial charge in [-0.2, -0.15) is 0 Å². The van der Waals surface area contributed by atoms with Crippen molar-refractivity contribution >= 4 is 11.6 Å². The van der Waals surface area contributed by atoms with E-state index in [0.717, 1.165) is 18.6 Å². The molecule has 1 saturated carbocycles. The zero-order valence-corrected chi connectivity index (χ0v) is 12.4. The van der Waals surface area contributed by atoms with Crippen LogP contribution < -0.4 is 5.32 Å². The minimum absolute atomic E-state index is 0.0463. The highest BCUT2D eigenvalue weighted by atomic mass is 16.3. The van der Waals surface area contributed by atoms with Gasteiger partial charge in [0.2, 0.25) is 0 Å². The monoisotopic (exact) mass is 300 g/mol. The Balaban J connectivity index is 1.59. The third-order valence-electron chi connectivity index (χ3n) is 4.97. The number of rotatable bonds is 2. The lowest BCUT2D eigenvalue weighted by molar-refractivity contribution is -0.116. The SMILES string of the molecule is O=C1CC(c2ccco2)CC(O)=C1C1=N[C@H]2CCCC[C@H]2N1. The number of carbonyl (C=O) groups excluding carboxylic acids is 1. The second kappa shape index (κ2) is 5.30. The van der Waals surface area contributed by atoms with Crippen LogP contribution in [0.2, 0.25) is 0 Å². The number of hydrogen-bond acceptors (Lipinski definition) is 5. The summed E-state index contributed by atoms with van der Waals surface area (Å²) in [6, 6.07) is 4.26. The van der Waals surface area contributed by atoms with Gasteiger partial charge in [-0.05, 0) is 25.0 Å². The van der Waals surface area contributed by atoms with Crippen LogP contribution in [0.4, 0.5) is 0 Å². The molecule has 1 aromatic rings. The lowest BCUT2D eigenvalue weighted by Gasteiger charge is -2.24. The molecule has 2 heterocycles. The number of allylic oxidation sites excluding steroid dienone is 1. The van der Waals surface area contributed by atoms with E-state index >= 15 is 0 Å². The van der Waals surface area contributed by atoms with E-state index in [1.54, 1.807) is 6.26 Å². The Kier molecular flexibility index (Phi) is 3.28. The first kappa shape index (κ1) is 13.6. The number of aliphatic hydroxyl groups excluding tert-OH is 1. The molecular formula is C17H20N2O3. The number of fused-ring (bicyclic) bond motifs is 1. The average molecular weight is 300 g/mol. The first-order valence-electron chi connectivity index (χ1n) is 8.06. The largest absolute Gasteiger partial charge is 0.511 e. The number of ketones is 1. The lowest BCUT2D eigenvalue weighted by Crippen LogP contribution is -2.39. The molecule has 1 unspecified atom stereocenters. The van der Waals surface area contributed by atoms with Gasteiger partial charge < -0.3 is 14.8 Å². The molecule has 22 heavy (non-hydrogen) atoms. The van der Waals surface area contributed by atoms with Crippen LogP contribution >= 0.6 is 0 Å². The predicted octanol–water partition coefficient (Wildman–Crippen LogP) is 2.85. The van der Waals surface area contributed by atoms with Crippen LogP contribution in [0.15, 0.2) is 39.1 Å². The van der Waals surface area contributed by atoms with Gasteiger partial charge in [-0.25, -0.2) is 0 Å². The minimum Gasteiger partial charge on any atom is -0.511 e. The second-order valence-corrected chi connectivity index (χ2v) is 6.45. The first-order valence-corrected chi connectivity index (χ1v) is 8.06. The Hall–Kier alpha value is -2.04. The molecule has 3 atom stereocenters. The molecule has 5 heteroatoms. The van der Waals surface area contributed by atoms with Crippen molar-refractivity contribution in [3.63, 3.8) is 0 Å². The maximum atomic E-state index is 12.5. The average Bonchev–Trinajstić information content (AvgIpc) is 3.16. The third kappa shape index (κ3) is 2.25. The smallest absolute Gasteiger partial charge is 0.170 e. The van der Waals surface area contributed by atoms with Gasteiger partial charge in [-0.15, -0.1) is 0 Å². The van der Waals surface area contributed by atoms with Crippen LogP contribution in [0, 0.1) is 0 Å². The topological polar surface area (TPSA) is 74.8 Å². The summed E-state index contributed by atoms with van der Waals surface area (Å²) in [7, 11) is 0. The third-order valence-corrected chi connectivity index (χ3v) is 4.97. The molecular weight excluding hydrogens is 280 g/mol. The summed E-state index contributed by atoms with van der Waals surface area (Å²) in [6.45, 7) is 0. The number of hydrogen-bond donors (Lipinski definition) is 2. The first-order chi connectivity index (χ1) is 10.7. The van der Waals surface area contributed by atoms with Gasteiger partial charge in [-0.3, -0.25) is 9.79 Å². The van der Waals surface area contributed by atoms with E-state index in [9.17, 15) is 9.90 Å². The minimum atomic E-state index is -0.0736. The van der Waals surface area contributed by atoms with Crippen LogP contribution in [-0.2, 0) is 4.79 Å². The highest BCUT2D eigenvalue weighted by Gasteiger charge is 2.38. The van der Waals surface area contributed by atoms with Crippen LogP contribution in [0.5, 0.6) is 0 Å². The molecule has 0 aromatic carbocycles. The normalized spacial score (nSPS) is 31.7. The maximum absolute atomic E-state index is 12.5. The summed E-state index contributed by atoms with van der Waals surface area (Å²) < 4.78 is 5.38. The van der Waals surface area contributed by atoms with Crippen molar-refractivity contribution in [2.24, 2.45) is 4.99 Å². The molecule has 2 aliphatic carbocycles. The summed E-state index contributed by atoms with van der Waals surface area (Å²) in [6.07, 6.45) is 6.96. The molecule has 1 aliphatic heterocycles. The van der Waals surface area contributed by atoms with Crippen LogP contribution in [0.1, 0.15) is 50.2 Å². The highest BCUT2D eigenvalue weighted by molar-refractivity contribution is 6.23. The summed E-state index contributed by atoms with van der Waals surface area (Å²) in [4.78, 5) is 17.2. The van der Waals surface area contributed by atoms with E-state index in [1.807, 2.05) is 12.1 Å². The van der Waals surface area contributed by atoms with E-state index in [2.05, 4.69) is 10.3 Å². The lowest BCUT2D eigenvalue weighted by atomic mass is 9.85. The molecule has 1 aromatic heterocycles. The molecule has 0 bridgehead atoms. The summed E-state index contributed by atoms with van der Waals surface area (Å²) in [5.74, 6) is 1.39. The standard InChI is InChI=1S/C17H20N2O3/c20-13-8-10(15-6-3-7-22-15)9-14(21)16(13)17-18-11-4-1-2-5-12(11)19-17/h3,6-7,10-12,20H,1-2,4-5,8-9H2,(H,18,19)/t10?,11-,12+. The fraction of sp³-hybridized carbons (Fsp3) is 0.529. The van der Waals surface area contributed by atoms with Crippen LogP contribution in [0.25, 0.3) is 0 Å². The van der Waals surface area contributed by atoms with Gasteiger partial charge in [0, 0.05) is 24.8 Å². The molecule has 0 radical (unpaired) electrons. The Morgan fingerprint density at radius 3 is 2.86 bits per heavy atom. The Bertz CT molecular complexity index is 645. The van der Waals surface area contributed by atoms with Gasteiger partial charge in [0.1, 0.15) is 17.4 Å². The number of carbonyl (C=O) groups is 1. The van der Waals surface area contributed by atoms with Gasteiger partial charge in [-0.1, -0.05) is 12.8 Å². The number of furan rings is 1. The molecule has 1 fully saturated rings. The van der Waals surface area contributed by atoms with Crippen molar-refractivity contribution in [3.8, 4) is 0 Å².